The predicted molar refractivity (Wildman–Crippen MR) is 86.0 cm³/mol. The molecule has 5 heteroatoms. The first-order valence-electron chi connectivity index (χ1n) is 8.15. The molecule has 0 radical (unpaired) electrons. The fourth-order valence-electron chi connectivity index (χ4n) is 3.45. The summed E-state index contributed by atoms with van der Waals surface area (Å²) in [5, 5.41) is 3.40. The number of carbonyl (C=O) groups is 1. The summed E-state index contributed by atoms with van der Waals surface area (Å²) < 4.78 is 5.48. The fraction of sp³-hybridized carbons (Fsp3) is 0.588. The first-order valence-corrected chi connectivity index (χ1v) is 8.15. The summed E-state index contributed by atoms with van der Waals surface area (Å²) in [5.74, 6) is 1.09. The van der Waals surface area contributed by atoms with E-state index in [1.807, 2.05) is 23.1 Å². The Bertz CT molecular complexity index is 514. The zero-order chi connectivity index (χ0) is 15.4. The number of likely N-dealkylation sites (tertiary alicyclic amines) is 1. The summed E-state index contributed by atoms with van der Waals surface area (Å²) in [6, 6.07) is 8.06. The summed E-state index contributed by atoms with van der Waals surface area (Å²) in [4.78, 5) is 17.0. The number of methoxy groups -OCH3 is 1. The van der Waals surface area contributed by atoms with E-state index < -0.39 is 0 Å². The Hall–Kier alpha value is -1.59. The van der Waals surface area contributed by atoms with Crippen LogP contribution < -0.4 is 10.1 Å². The maximum Gasteiger partial charge on any atom is 0.237 e. The van der Waals surface area contributed by atoms with E-state index in [0.29, 0.717) is 6.54 Å². The number of benzene rings is 1. The average molecular weight is 303 g/mol. The van der Waals surface area contributed by atoms with Crippen LogP contribution in [0.25, 0.3) is 0 Å². The van der Waals surface area contributed by atoms with Gasteiger partial charge in [-0.25, -0.2) is 0 Å². The molecule has 2 aliphatic heterocycles. The van der Waals surface area contributed by atoms with Gasteiger partial charge in [-0.2, -0.15) is 0 Å². The van der Waals surface area contributed by atoms with Crippen LogP contribution in [0.15, 0.2) is 24.3 Å². The maximum absolute atomic E-state index is 12.8. The highest BCUT2D eigenvalue weighted by Crippen LogP contribution is 2.30. The van der Waals surface area contributed by atoms with Crippen molar-refractivity contribution in [2.75, 3.05) is 46.4 Å². The van der Waals surface area contributed by atoms with Gasteiger partial charge in [0.2, 0.25) is 5.91 Å². The molecule has 3 rings (SSSR count). The van der Waals surface area contributed by atoms with E-state index in [9.17, 15) is 4.79 Å². The van der Waals surface area contributed by atoms with Crippen LogP contribution in [0.4, 0.5) is 0 Å². The molecule has 2 saturated heterocycles. The minimum absolute atomic E-state index is 0.0556. The molecule has 0 aromatic heterocycles. The van der Waals surface area contributed by atoms with Crippen LogP contribution in [0.2, 0.25) is 0 Å². The highest BCUT2D eigenvalue weighted by atomic mass is 16.5. The number of nitrogens with one attached hydrogen (secondary N) is 1. The molecule has 2 aliphatic rings. The SMILES string of the molecule is COc1ccccc1[C@@H]1CNCCN1C(=O)CN1CCCC1. The first-order chi connectivity index (χ1) is 10.8. The lowest BCUT2D eigenvalue weighted by Crippen LogP contribution is -2.51. The minimum atomic E-state index is 0.0556. The Morgan fingerprint density at radius 2 is 2.05 bits per heavy atom. The van der Waals surface area contributed by atoms with Crippen molar-refractivity contribution in [1.82, 2.24) is 15.1 Å². The molecule has 0 saturated carbocycles. The number of para-hydroxylation sites is 1. The van der Waals surface area contributed by atoms with Crippen molar-refractivity contribution in [2.45, 2.75) is 18.9 Å². The second-order valence-electron chi connectivity index (χ2n) is 6.03. The number of rotatable bonds is 4. The predicted octanol–water partition coefficient (Wildman–Crippen LogP) is 1.26. The first kappa shape index (κ1) is 15.3. The summed E-state index contributed by atoms with van der Waals surface area (Å²) in [7, 11) is 1.69. The molecule has 0 unspecified atom stereocenters. The van der Waals surface area contributed by atoms with Gasteiger partial charge in [0.15, 0.2) is 0 Å². The quantitative estimate of drug-likeness (QED) is 0.910. The monoisotopic (exact) mass is 303 g/mol. The van der Waals surface area contributed by atoms with E-state index in [0.717, 1.165) is 44.0 Å². The van der Waals surface area contributed by atoms with Crippen LogP contribution in [0.5, 0.6) is 5.75 Å². The lowest BCUT2D eigenvalue weighted by molar-refractivity contribution is -0.135. The van der Waals surface area contributed by atoms with Crippen molar-refractivity contribution < 1.29 is 9.53 Å². The van der Waals surface area contributed by atoms with Crippen LogP contribution in [0.3, 0.4) is 0 Å². The van der Waals surface area contributed by atoms with Gasteiger partial charge in [0.05, 0.1) is 19.7 Å². The van der Waals surface area contributed by atoms with E-state index >= 15 is 0 Å². The van der Waals surface area contributed by atoms with Gasteiger partial charge < -0.3 is 15.0 Å². The van der Waals surface area contributed by atoms with Crippen molar-refractivity contribution in [2.24, 2.45) is 0 Å². The Balaban J connectivity index is 1.76. The second-order valence-corrected chi connectivity index (χ2v) is 6.03. The number of hydrogen-bond acceptors (Lipinski definition) is 4. The molecule has 0 aliphatic carbocycles. The topological polar surface area (TPSA) is 44.8 Å². The lowest BCUT2D eigenvalue weighted by atomic mass is 10.0. The van der Waals surface area contributed by atoms with Crippen molar-refractivity contribution in [3.05, 3.63) is 29.8 Å². The van der Waals surface area contributed by atoms with Gasteiger partial charge in [-0.05, 0) is 32.0 Å². The molecule has 1 atom stereocenters. The van der Waals surface area contributed by atoms with Gasteiger partial charge >= 0.3 is 0 Å². The molecule has 0 spiro atoms. The van der Waals surface area contributed by atoms with Crippen LogP contribution in [-0.2, 0) is 4.79 Å². The Morgan fingerprint density at radius 3 is 2.82 bits per heavy atom. The third kappa shape index (κ3) is 3.25. The van der Waals surface area contributed by atoms with E-state index in [1.54, 1.807) is 7.11 Å². The highest BCUT2D eigenvalue weighted by Gasteiger charge is 2.30. The zero-order valence-corrected chi connectivity index (χ0v) is 13.3. The Morgan fingerprint density at radius 1 is 1.27 bits per heavy atom. The molecular weight excluding hydrogens is 278 g/mol. The Labute approximate surface area is 132 Å². The molecule has 1 amide bonds. The van der Waals surface area contributed by atoms with E-state index in [2.05, 4.69) is 16.3 Å². The number of amides is 1. The third-order valence-corrected chi connectivity index (χ3v) is 4.62. The van der Waals surface area contributed by atoms with Crippen molar-refractivity contribution in [1.29, 1.82) is 0 Å². The summed E-state index contributed by atoms with van der Waals surface area (Å²) >= 11 is 0. The lowest BCUT2D eigenvalue weighted by Gasteiger charge is -2.38. The summed E-state index contributed by atoms with van der Waals surface area (Å²) in [5.41, 5.74) is 1.09. The highest BCUT2D eigenvalue weighted by molar-refractivity contribution is 5.79. The number of nitrogens with zero attached hydrogens (tertiary/aromatic N) is 2. The van der Waals surface area contributed by atoms with Crippen LogP contribution in [-0.4, -0.2) is 62.1 Å². The number of hydrogen-bond donors (Lipinski definition) is 1. The molecule has 120 valence electrons. The average Bonchev–Trinajstić information content (AvgIpc) is 3.07. The third-order valence-electron chi connectivity index (χ3n) is 4.62. The molecule has 0 bridgehead atoms. The van der Waals surface area contributed by atoms with E-state index in [-0.39, 0.29) is 11.9 Å². The van der Waals surface area contributed by atoms with Crippen molar-refractivity contribution >= 4 is 5.91 Å². The van der Waals surface area contributed by atoms with Gasteiger partial charge in [0.25, 0.3) is 0 Å². The van der Waals surface area contributed by atoms with E-state index in [1.165, 1.54) is 12.8 Å². The standard InChI is InChI=1S/C17H25N3O2/c1-22-16-7-3-2-6-14(16)15-12-18-8-11-20(15)17(21)13-19-9-4-5-10-19/h2-3,6-7,15,18H,4-5,8-13H2,1H3/t15-/m0/s1. The second kappa shape index (κ2) is 7.11. The van der Waals surface area contributed by atoms with Crippen LogP contribution >= 0.6 is 0 Å². The van der Waals surface area contributed by atoms with Gasteiger partial charge in [0.1, 0.15) is 5.75 Å². The summed E-state index contributed by atoms with van der Waals surface area (Å²) in [6.07, 6.45) is 2.43. The van der Waals surface area contributed by atoms with Crippen molar-refractivity contribution in [3.8, 4) is 5.75 Å². The number of carbonyl (C=O) groups excluding carboxylic acids is 1. The van der Waals surface area contributed by atoms with Gasteiger partial charge in [-0.15, -0.1) is 0 Å². The smallest absolute Gasteiger partial charge is 0.237 e. The van der Waals surface area contributed by atoms with E-state index in [4.69, 9.17) is 4.74 Å². The normalized spacial score (nSPS) is 22.8. The molecule has 5 nitrogen and oxygen atoms in total. The van der Waals surface area contributed by atoms with Crippen LogP contribution in [0.1, 0.15) is 24.4 Å². The van der Waals surface area contributed by atoms with Gasteiger partial charge in [0, 0.05) is 25.2 Å². The largest absolute Gasteiger partial charge is 0.496 e. The van der Waals surface area contributed by atoms with Crippen molar-refractivity contribution in [3.63, 3.8) is 0 Å². The molecule has 2 heterocycles. The molecule has 1 aromatic carbocycles. The molecule has 22 heavy (non-hydrogen) atoms. The Kier molecular flexibility index (Phi) is 4.95. The van der Waals surface area contributed by atoms with Crippen LogP contribution in [0, 0.1) is 0 Å². The minimum Gasteiger partial charge on any atom is -0.496 e. The summed E-state index contributed by atoms with van der Waals surface area (Å²) in [6.45, 7) is 5.05. The van der Waals surface area contributed by atoms with Gasteiger partial charge in [-0.3, -0.25) is 9.69 Å². The zero-order valence-electron chi connectivity index (χ0n) is 13.3. The maximum atomic E-state index is 12.8. The number of ether oxygens (including phenoxy) is 1. The molecule has 1 aromatic rings. The molecule has 2 fully saturated rings. The molecular formula is C17H25N3O2. The fourth-order valence-corrected chi connectivity index (χ4v) is 3.45. The number of piperazine rings is 1. The molecule has 1 N–H and O–H groups in total. The van der Waals surface area contributed by atoms with Gasteiger partial charge in [-0.1, -0.05) is 18.2 Å².